The topological polar surface area (TPSA) is 82.4 Å². The van der Waals surface area contributed by atoms with Gasteiger partial charge < -0.3 is 24.1 Å². The molecule has 1 atom stereocenters. The van der Waals surface area contributed by atoms with E-state index in [-0.39, 0.29) is 5.54 Å². The largest absolute Gasteiger partial charge is 0.493 e. The van der Waals surface area contributed by atoms with Crippen LogP contribution in [0.3, 0.4) is 0 Å². The van der Waals surface area contributed by atoms with Crippen molar-refractivity contribution in [2.24, 2.45) is 4.99 Å². The predicted molar refractivity (Wildman–Crippen MR) is 109 cm³/mol. The first-order chi connectivity index (χ1) is 13.3. The maximum Gasteiger partial charge on any atom is 0.218 e. The van der Waals surface area contributed by atoms with Crippen molar-refractivity contribution in [1.29, 1.82) is 0 Å². The van der Waals surface area contributed by atoms with E-state index in [1.54, 1.807) is 18.3 Å². The first-order valence-electron chi connectivity index (χ1n) is 8.66. The number of benzene rings is 1. The van der Waals surface area contributed by atoms with Crippen LogP contribution in [-0.2, 0) is 4.74 Å². The maximum atomic E-state index is 10.9. The highest BCUT2D eigenvalue weighted by atomic mass is 79.9. The Bertz CT molecular complexity index is 888. The summed E-state index contributed by atoms with van der Waals surface area (Å²) in [5, 5.41) is 10.9. The van der Waals surface area contributed by atoms with E-state index >= 15 is 0 Å². The molecule has 1 aliphatic rings. The second kappa shape index (κ2) is 7.97. The maximum absolute atomic E-state index is 10.9. The minimum absolute atomic E-state index is 0.254. The van der Waals surface area contributed by atoms with Crippen LogP contribution in [0.5, 0.6) is 17.2 Å². The summed E-state index contributed by atoms with van der Waals surface area (Å²) in [6, 6.07) is 5.23. The van der Waals surface area contributed by atoms with E-state index in [1.165, 1.54) is 21.3 Å². The lowest BCUT2D eigenvalue weighted by molar-refractivity contribution is 0.212. The van der Waals surface area contributed by atoms with Crippen molar-refractivity contribution in [3.63, 3.8) is 0 Å². The molecule has 0 amide bonds. The summed E-state index contributed by atoms with van der Waals surface area (Å²) in [5.41, 5.74) is 1.51. The number of hydrogen-bond acceptors (Lipinski definition) is 7. The fourth-order valence-electron chi connectivity index (χ4n) is 2.92. The van der Waals surface area contributed by atoms with Gasteiger partial charge in [0.05, 0.1) is 38.1 Å². The number of aliphatic imine (C=N–C) groups is 1. The molecule has 1 aliphatic heterocycles. The van der Waals surface area contributed by atoms with Gasteiger partial charge in [-0.1, -0.05) is 0 Å². The Balaban J connectivity index is 1.96. The third-order valence-electron chi connectivity index (χ3n) is 4.34. The van der Waals surface area contributed by atoms with E-state index in [2.05, 4.69) is 25.9 Å². The number of pyridine rings is 1. The third kappa shape index (κ3) is 3.93. The normalized spacial score (nSPS) is 16.2. The van der Waals surface area contributed by atoms with Crippen molar-refractivity contribution in [3.8, 4) is 17.2 Å². The molecule has 0 fully saturated rings. The van der Waals surface area contributed by atoms with Crippen molar-refractivity contribution in [2.75, 3.05) is 27.9 Å². The smallest absolute Gasteiger partial charge is 0.218 e. The Kier molecular flexibility index (Phi) is 5.81. The molecule has 1 aromatic carbocycles. The number of rotatable bonds is 6. The number of nitrogens with zero attached hydrogens (tertiary/aromatic N) is 2. The fourth-order valence-corrected chi connectivity index (χ4v) is 3.48. The van der Waals surface area contributed by atoms with Crippen molar-refractivity contribution in [3.05, 3.63) is 45.7 Å². The highest BCUT2D eigenvalue weighted by Crippen LogP contribution is 2.41. The Morgan fingerprint density at radius 3 is 2.21 bits per heavy atom. The number of ether oxygens (including phenoxy) is 4. The summed E-state index contributed by atoms with van der Waals surface area (Å²) in [7, 11) is 4.59. The second-order valence-electron chi connectivity index (χ2n) is 6.97. The Hall–Kier alpha value is -2.32. The predicted octanol–water partition coefficient (Wildman–Crippen LogP) is 3.51. The molecule has 1 N–H and O–H groups in total. The molecule has 0 aliphatic carbocycles. The van der Waals surface area contributed by atoms with Gasteiger partial charge in [-0.05, 0) is 53.5 Å². The number of hydrogen-bond donors (Lipinski definition) is 1. The van der Waals surface area contributed by atoms with Gasteiger partial charge in [-0.3, -0.25) is 4.98 Å². The molecule has 0 saturated heterocycles. The van der Waals surface area contributed by atoms with Crippen LogP contribution in [0.1, 0.15) is 36.8 Å². The molecular weight excluding hydrogens is 428 g/mol. The molecule has 1 aromatic heterocycles. The van der Waals surface area contributed by atoms with E-state index in [0.717, 1.165) is 5.56 Å². The van der Waals surface area contributed by atoms with Crippen LogP contribution in [0, 0.1) is 0 Å². The number of aromatic nitrogens is 1. The number of halogens is 1. The van der Waals surface area contributed by atoms with Crippen molar-refractivity contribution in [2.45, 2.75) is 25.5 Å². The van der Waals surface area contributed by atoms with Gasteiger partial charge in [0, 0.05) is 10.7 Å². The summed E-state index contributed by atoms with van der Waals surface area (Å²) in [6.07, 6.45) is 0.640. The summed E-state index contributed by atoms with van der Waals surface area (Å²) in [5.74, 6) is 1.92. The molecule has 8 heteroatoms. The molecule has 0 bridgehead atoms. The molecule has 2 aromatic rings. The van der Waals surface area contributed by atoms with Crippen LogP contribution in [0.2, 0.25) is 0 Å². The summed E-state index contributed by atoms with van der Waals surface area (Å²) >= 11 is 3.50. The molecule has 1 unspecified atom stereocenters. The van der Waals surface area contributed by atoms with Crippen LogP contribution >= 0.6 is 15.9 Å². The summed E-state index contributed by atoms with van der Waals surface area (Å²) in [4.78, 5) is 8.98. The summed E-state index contributed by atoms with van der Waals surface area (Å²) < 4.78 is 22.4. The first-order valence-corrected chi connectivity index (χ1v) is 9.45. The van der Waals surface area contributed by atoms with Crippen LogP contribution < -0.4 is 14.2 Å². The first kappa shape index (κ1) is 20.4. The monoisotopic (exact) mass is 450 g/mol. The van der Waals surface area contributed by atoms with Crippen LogP contribution in [0.25, 0.3) is 0 Å². The van der Waals surface area contributed by atoms with Gasteiger partial charge >= 0.3 is 0 Å². The van der Waals surface area contributed by atoms with Gasteiger partial charge in [0.15, 0.2) is 11.5 Å². The zero-order valence-electron chi connectivity index (χ0n) is 16.4. The Morgan fingerprint density at radius 2 is 1.75 bits per heavy atom. The lowest BCUT2D eigenvalue weighted by atomic mass is 10.0. The Labute approximate surface area is 172 Å². The van der Waals surface area contributed by atoms with Crippen LogP contribution in [0.15, 0.2) is 33.9 Å². The molecule has 0 spiro atoms. The van der Waals surface area contributed by atoms with Gasteiger partial charge in [-0.25, -0.2) is 4.99 Å². The molecule has 0 saturated carbocycles. The fraction of sp³-hybridized carbons (Fsp3) is 0.400. The van der Waals surface area contributed by atoms with E-state index in [4.69, 9.17) is 18.9 Å². The third-order valence-corrected chi connectivity index (χ3v) is 4.98. The molecule has 0 radical (unpaired) electrons. The highest BCUT2D eigenvalue weighted by molar-refractivity contribution is 9.10. The minimum atomic E-state index is -1.000. The average Bonchev–Trinajstić information content (AvgIpc) is 3.05. The van der Waals surface area contributed by atoms with Gasteiger partial charge in [-0.15, -0.1) is 0 Å². The average molecular weight is 451 g/mol. The minimum Gasteiger partial charge on any atom is -0.493 e. The second-order valence-corrected chi connectivity index (χ2v) is 7.82. The zero-order valence-corrected chi connectivity index (χ0v) is 18.0. The zero-order chi connectivity index (χ0) is 20.5. The summed E-state index contributed by atoms with van der Waals surface area (Å²) in [6.45, 7) is 4.53. The Morgan fingerprint density at radius 1 is 1.11 bits per heavy atom. The van der Waals surface area contributed by atoms with Gasteiger partial charge in [0.1, 0.15) is 12.7 Å². The molecule has 28 heavy (non-hydrogen) atoms. The van der Waals surface area contributed by atoms with Crippen molar-refractivity contribution < 1.29 is 24.1 Å². The van der Waals surface area contributed by atoms with Crippen LogP contribution in [-0.4, -0.2) is 49.5 Å². The quantitative estimate of drug-likeness (QED) is 0.724. The van der Waals surface area contributed by atoms with Gasteiger partial charge in [-0.2, -0.15) is 0 Å². The SMILES string of the molecule is COc1cc(C(O)c2ncc(C3=NC(C)(C)CO3)cc2Br)cc(OC)c1OC. The molecule has 150 valence electrons. The lowest BCUT2D eigenvalue weighted by Gasteiger charge is -2.18. The standard InChI is InChI=1S/C20H23BrN2O5/c1-20(2)10-28-19(23-20)12-6-13(21)16(22-9-12)17(24)11-7-14(25-3)18(27-5)15(8-11)26-4/h6-9,17,24H,10H2,1-5H3. The van der Waals surface area contributed by atoms with Crippen LogP contribution in [0.4, 0.5) is 0 Å². The van der Waals surface area contributed by atoms with E-state index < -0.39 is 6.10 Å². The van der Waals surface area contributed by atoms with Gasteiger partial charge in [0.2, 0.25) is 11.6 Å². The lowest BCUT2D eigenvalue weighted by Crippen LogP contribution is -2.17. The highest BCUT2D eigenvalue weighted by Gasteiger charge is 2.28. The molecule has 7 nitrogen and oxygen atoms in total. The molecular formula is C20H23BrN2O5. The molecule has 3 rings (SSSR count). The van der Waals surface area contributed by atoms with E-state index in [9.17, 15) is 5.11 Å². The molecule has 2 heterocycles. The van der Waals surface area contributed by atoms with E-state index in [0.29, 0.717) is 45.5 Å². The van der Waals surface area contributed by atoms with E-state index in [1.807, 2.05) is 19.9 Å². The number of methoxy groups -OCH3 is 3. The van der Waals surface area contributed by atoms with Crippen molar-refractivity contribution >= 4 is 21.8 Å². The van der Waals surface area contributed by atoms with Gasteiger partial charge in [0.25, 0.3) is 0 Å². The number of aliphatic hydroxyl groups is 1. The number of aliphatic hydroxyl groups excluding tert-OH is 1. The van der Waals surface area contributed by atoms with Crippen molar-refractivity contribution in [1.82, 2.24) is 4.98 Å².